The molecule has 18 heavy (non-hydrogen) atoms. The first-order valence-corrected chi connectivity index (χ1v) is 13.6. The van der Waals surface area contributed by atoms with Crippen molar-refractivity contribution in [2.24, 2.45) is 0 Å². The first-order valence-electron chi connectivity index (χ1n) is 7.01. The third kappa shape index (κ3) is 10.1. The van der Waals surface area contributed by atoms with E-state index < -0.39 is 16.1 Å². The van der Waals surface area contributed by atoms with Crippen molar-refractivity contribution in [1.29, 1.82) is 0 Å². The summed E-state index contributed by atoms with van der Waals surface area (Å²) in [6.07, 6.45) is 2.40. The fraction of sp³-hybridized carbons (Fsp3) is 0.857. The molecule has 0 aliphatic carbocycles. The molecular weight excluding hydrogens is 256 g/mol. The molecule has 0 rings (SSSR count). The van der Waals surface area contributed by atoms with Gasteiger partial charge in [-0.25, -0.2) is 0 Å². The van der Waals surface area contributed by atoms with Crippen LogP contribution in [0.5, 0.6) is 0 Å². The summed E-state index contributed by atoms with van der Waals surface area (Å²) in [5.41, 5.74) is 5.14. The number of rotatable bonds is 10. The molecule has 0 aromatic carbocycles. The Labute approximate surface area is 116 Å². The van der Waals surface area contributed by atoms with E-state index in [1.165, 1.54) is 24.9 Å². The molecule has 0 aromatic rings. The number of methoxy groups -OCH3 is 2. The standard InChI is InChI=1S/C14H32O2Si2/c1-15-9-7-11-17(3,4)13-14-18(5,6)12-8-10-16-2/h13-14H,7-12H2,1-6H3/b14-13-. The van der Waals surface area contributed by atoms with Gasteiger partial charge in [0.15, 0.2) is 0 Å². The van der Waals surface area contributed by atoms with E-state index in [-0.39, 0.29) is 0 Å². The normalized spacial score (nSPS) is 13.4. The summed E-state index contributed by atoms with van der Waals surface area (Å²) in [5.74, 6) is 0. The van der Waals surface area contributed by atoms with Crippen molar-refractivity contribution in [3.63, 3.8) is 0 Å². The van der Waals surface area contributed by atoms with E-state index in [1.54, 1.807) is 14.2 Å². The topological polar surface area (TPSA) is 18.5 Å². The summed E-state index contributed by atoms with van der Waals surface area (Å²) >= 11 is 0. The fourth-order valence-corrected chi connectivity index (χ4v) is 8.02. The van der Waals surface area contributed by atoms with E-state index in [2.05, 4.69) is 37.6 Å². The molecule has 0 fully saturated rings. The summed E-state index contributed by atoms with van der Waals surface area (Å²) in [6.45, 7) is 11.6. The average molecular weight is 289 g/mol. The highest BCUT2D eigenvalue weighted by molar-refractivity contribution is 6.87. The fourth-order valence-electron chi connectivity index (χ4n) is 1.96. The Kier molecular flexibility index (Phi) is 9.12. The zero-order valence-corrected chi connectivity index (χ0v) is 15.2. The van der Waals surface area contributed by atoms with Crippen LogP contribution in [0.3, 0.4) is 0 Å². The van der Waals surface area contributed by atoms with Crippen LogP contribution in [0.15, 0.2) is 11.4 Å². The van der Waals surface area contributed by atoms with Crippen molar-refractivity contribution >= 4 is 16.1 Å². The number of hydrogen-bond donors (Lipinski definition) is 0. The van der Waals surface area contributed by atoms with Crippen LogP contribution >= 0.6 is 0 Å². The monoisotopic (exact) mass is 288 g/mol. The van der Waals surface area contributed by atoms with E-state index in [0.717, 1.165) is 13.2 Å². The Morgan fingerprint density at radius 1 is 0.722 bits per heavy atom. The molecule has 0 aliphatic rings. The molecule has 0 heterocycles. The molecule has 4 heteroatoms. The molecule has 0 spiro atoms. The van der Waals surface area contributed by atoms with Crippen molar-refractivity contribution in [2.45, 2.75) is 51.1 Å². The minimum Gasteiger partial charge on any atom is -0.385 e. The average Bonchev–Trinajstić information content (AvgIpc) is 2.27. The molecular formula is C14H32O2Si2. The minimum absolute atomic E-state index is 0.902. The summed E-state index contributed by atoms with van der Waals surface area (Å²) in [7, 11) is 1.27. The van der Waals surface area contributed by atoms with Gasteiger partial charge in [-0.05, 0) is 12.8 Å². The van der Waals surface area contributed by atoms with E-state index in [4.69, 9.17) is 9.47 Å². The molecule has 2 nitrogen and oxygen atoms in total. The summed E-state index contributed by atoms with van der Waals surface area (Å²) in [4.78, 5) is 0. The van der Waals surface area contributed by atoms with Gasteiger partial charge >= 0.3 is 0 Å². The van der Waals surface area contributed by atoms with Crippen LogP contribution in [-0.4, -0.2) is 43.6 Å². The predicted molar refractivity (Wildman–Crippen MR) is 86.7 cm³/mol. The second-order valence-electron chi connectivity index (χ2n) is 6.50. The lowest BCUT2D eigenvalue weighted by Gasteiger charge is -2.22. The molecule has 0 radical (unpaired) electrons. The highest BCUT2D eigenvalue weighted by atomic mass is 28.3. The lowest BCUT2D eigenvalue weighted by Crippen LogP contribution is -2.28. The third-order valence-corrected chi connectivity index (χ3v) is 9.08. The van der Waals surface area contributed by atoms with Crippen molar-refractivity contribution in [1.82, 2.24) is 0 Å². The third-order valence-electron chi connectivity index (χ3n) is 3.32. The van der Waals surface area contributed by atoms with Gasteiger partial charge in [0, 0.05) is 27.4 Å². The lowest BCUT2D eigenvalue weighted by molar-refractivity contribution is 0.199. The molecule has 0 N–H and O–H groups in total. The maximum Gasteiger partial charge on any atom is 0.0709 e. The Balaban J connectivity index is 4.14. The van der Waals surface area contributed by atoms with Gasteiger partial charge in [0.25, 0.3) is 0 Å². The largest absolute Gasteiger partial charge is 0.385 e. The van der Waals surface area contributed by atoms with E-state index >= 15 is 0 Å². The second kappa shape index (κ2) is 9.07. The number of hydrogen-bond acceptors (Lipinski definition) is 2. The first kappa shape index (κ1) is 18.1. The van der Waals surface area contributed by atoms with Gasteiger partial charge in [-0.2, -0.15) is 0 Å². The SMILES string of the molecule is COCCC[Si](C)(C)/C=C\[Si](C)(C)CCCOC. The van der Waals surface area contributed by atoms with Gasteiger partial charge < -0.3 is 9.47 Å². The van der Waals surface area contributed by atoms with Gasteiger partial charge in [-0.3, -0.25) is 0 Å². The van der Waals surface area contributed by atoms with E-state index in [0.29, 0.717) is 0 Å². The van der Waals surface area contributed by atoms with Crippen LogP contribution in [0.4, 0.5) is 0 Å². The molecule has 108 valence electrons. The molecule has 0 amide bonds. The maximum atomic E-state index is 5.14. The van der Waals surface area contributed by atoms with Gasteiger partial charge in [0.2, 0.25) is 0 Å². The number of ether oxygens (including phenoxy) is 2. The van der Waals surface area contributed by atoms with Crippen LogP contribution in [0.1, 0.15) is 12.8 Å². The molecule has 0 unspecified atom stereocenters. The quantitative estimate of drug-likeness (QED) is 0.445. The predicted octanol–water partition coefficient (Wildman–Crippen LogP) is 4.11. The van der Waals surface area contributed by atoms with Crippen LogP contribution in [-0.2, 0) is 9.47 Å². The molecule has 0 atom stereocenters. The Morgan fingerprint density at radius 3 is 1.33 bits per heavy atom. The van der Waals surface area contributed by atoms with Crippen molar-refractivity contribution in [3.05, 3.63) is 11.4 Å². The second-order valence-corrected chi connectivity index (χ2v) is 16.1. The zero-order valence-electron chi connectivity index (χ0n) is 13.2. The zero-order chi connectivity index (χ0) is 14.1. The molecule has 0 aliphatic heterocycles. The molecule has 0 bridgehead atoms. The van der Waals surface area contributed by atoms with Crippen LogP contribution in [0, 0.1) is 0 Å². The van der Waals surface area contributed by atoms with E-state index in [9.17, 15) is 0 Å². The van der Waals surface area contributed by atoms with Gasteiger partial charge in [0.1, 0.15) is 0 Å². The lowest BCUT2D eigenvalue weighted by atomic mass is 10.5. The highest BCUT2D eigenvalue weighted by Gasteiger charge is 2.21. The smallest absolute Gasteiger partial charge is 0.0709 e. The van der Waals surface area contributed by atoms with Crippen LogP contribution < -0.4 is 0 Å². The van der Waals surface area contributed by atoms with Crippen LogP contribution in [0.2, 0.25) is 38.3 Å². The Morgan fingerprint density at radius 2 is 1.06 bits per heavy atom. The van der Waals surface area contributed by atoms with Crippen molar-refractivity contribution in [2.75, 3.05) is 27.4 Å². The summed E-state index contributed by atoms with van der Waals surface area (Å²) in [5, 5.41) is 0. The molecule has 0 aromatic heterocycles. The highest BCUT2D eigenvalue weighted by Crippen LogP contribution is 2.19. The summed E-state index contributed by atoms with van der Waals surface area (Å²) < 4.78 is 10.3. The van der Waals surface area contributed by atoms with Crippen LogP contribution in [0.25, 0.3) is 0 Å². The van der Waals surface area contributed by atoms with Gasteiger partial charge in [0.05, 0.1) is 16.1 Å². The summed E-state index contributed by atoms with van der Waals surface area (Å²) in [6, 6.07) is 2.67. The van der Waals surface area contributed by atoms with Gasteiger partial charge in [-0.1, -0.05) is 38.3 Å². The van der Waals surface area contributed by atoms with Crippen molar-refractivity contribution in [3.8, 4) is 0 Å². The van der Waals surface area contributed by atoms with E-state index in [1.807, 2.05) is 0 Å². The minimum atomic E-state index is -1.15. The molecule has 0 saturated heterocycles. The Hall–Kier alpha value is 0.0938. The molecule has 0 saturated carbocycles. The van der Waals surface area contributed by atoms with Gasteiger partial charge in [-0.15, -0.1) is 11.4 Å². The maximum absolute atomic E-state index is 5.14. The van der Waals surface area contributed by atoms with Crippen molar-refractivity contribution < 1.29 is 9.47 Å². The Bertz CT molecular complexity index is 214. The first-order chi connectivity index (χ1) is 8.33.